The van der Waals surface area contributed by atoms with Crippen LogP contribution in [0.1, 0.15) is 29.2 Å². The Bertz CT molecular complexity index is 807. The Balaban J connectivity index is 1.65. The van der Waals surface area contributed by atoms with Crippen molar-refractivity contribution < 1.29 is 9.84 Å². The van der Waals surface area contributed by atoms with Gasteiger partial charge in [0.15, 0.2) is 0 Å². The summed E-state index contributed by atoms with van der Waals surface area (Å²) in [6.07, 6.45) is 4.11. The summed E-state index contributed by atoms with van der Waals surface area (Å²) in [7, 11) is 0. The molecule has 0 radical (unpaired) electrons. The largest absolute Gasteiger partial charge is 0.455 e. The van der Waals surface area contributed by atoms with Crippen LogP contribution >= 0.6 is 0 Å². The van der Waals surface area contributed by atoms with E-state index in [0.717, 1.165) is 23.6 Å². The van der Waals surface area contributed by atoms with E-state index in [4.69, 9.17) is 4.74 Å². The van der Waals surface area contributed by atoms with Gasteiger partial charge in [-0.2, -0.15) is 0 Å². The molecule has 0 saturated carbocycles. The molecule has 0 aliphatic carbocycles. The first-order chi connectivity index (χ1) is 12.8. The zero-order valence-electron chi connectivity index (χ0n) is 14.9. The summed E-state index contributed by atoms with van der Waals surface area (Å²) in [6.45, 7) is 2.93. The Morgan fingerprint density at radius 1 is 1.08 bits per heavy atom. The zero-order valence-corrected chi connectivity index (χ0v) is 14.9. The fourth-order valence-electron chi connectivity index (χ4n) is 2.91. The second-order valence-electron chi connectivity index (χ2n) is 6.25. The lowest BCUT2D eigenvalue weighted by molar-refractivity contribution is 0.265. The summed E-state index contributed by atoms with van der Waals surface area (Å²) < 4.78 is 5.88. The third-order valence-electron chi connectivity index (χ3n) is 4.27. The molecule has 0 unspecified atom stereocenters. The maximum Gasteiger partial charge on any atom is 0.145 e. The Morgan fingerprint density at radius 3 is 2.62 bits per heavy atom. The molecule has 2 N–H and O–H groups in total. The topological polar surface area (TPSA) is 54.4 Å². The lowest BCUT2D eigenvalue weighted by Gasteiger charge is -2.19. The van der Waals surface area contributed by atoms with Gasteiger partial charge in [-0.15, -0.1) is 0 Å². The number of rotatable bonds is 8. The molecular weight excluding hydrogens is 324 g/mol. The molecular formula is C22H24N2O2. The van der Waals surface area contributed by atoms with E-state index in [1.54, 1.807) is 12.4 Å². The van der Waals surface area contributed by atoms with E-state index >= 15 is 0 Å². The maximum absolute atomic E-state index is 9.35. The third-order valence-corrected chi connectivity index (χ3v) is 4.27. The van der Waals surface area contributed by atoms with Crippen molar-refractivity contribution in [3.63, 3.8) is 0 Å². The van der Waals surface area contributed by atoms with Crippen molar-refractivity contribution in [1.82, 2.24) is 10.3 Å². The van der Waals surface area contributed by atoms with Crippen LogP contribution in [0.2, 0.25) is 0 Å². The SMILES string of the molecule is Cc1cc(CN[C@H](CCO)c2ccccc2)ccc1Oc1cccnc1. The summed E-state index contributed by atoms with van der Waals surface area (Å²) in [5.74, 6) is 1.56. The Labute approximate surface area is 154 Å². The Kier molecular flexibility index (Phi) is 6.36. The lowest BCUT2D eigenvalue weighted by Crippen LogP contribution is -2.22. The van der Waals surface area contributed by atoms with Crippen LogP contribution < -0.4 is 10.1 Å². The van der Waals surface area contributed by atoms with Crippen LogP contribution in [0.3, 0.4) is 0 Å². The van der Waals surface area contributed by atoms with Gasteiger partial charge in [-0.25, -0.2) is 0 Å². The number of ether oxygens (including phenoxy) is 1. The van der Waals surface area contributed by atoms with Crippen LogP contribution in [-0.2, 0) is 6.54 Å². The fraction of sp³-hybridized carbons (Fsp3) is 0.227. The second kappa shape index (κ2) is 9.13. The van der Waals surface area contributed by atoms with Crippen molar-refractivity contribution in [2.45, 2.75) is 25.9 Å². The van der Waals surface area contributed by atoms with Crippen molar-refractivity contribution in [1.29, 1.82) is 0 Å². The molecule has 3 aromatic rings. The van der Waals surface area contributed by atoms with Gasteiger partial charge >= 0.3 is 0 Å². The van der Waals surface area contributed by atoms with Crippen molar-refractivity contribution in [2.24, 2.45) is 0 Å². The maximum atomic E-state index is 9.35. The molecule has 0 amide bonds. The minimum atomic E-state index is 0.132. The van der Waals surface area contributed by atoms with E-state index in [1.807, 2.05) is 43.3 Å². The van der Waals surface area contributed by atoms with Gasteiger partial charge in [0.2, 0.25) is 0 Å². The van der Waals surface area contributed by atoms with Gasteiger partial charge < -0.3 is 15.2 Å². The molecule has 0 saturated heterocycles. The molecule has 4 nitrogen and oxygen atoms in total. The van der Waals surface area contributed by atoms with Crippen molar-refractivity contribution >= 4 is 0 Å². The molecule has 1 aromatic heterocycles. The second-order valence-corrected chi connectivity index (χ2v) is 6.25. The number of aliphatic hydroxyl groups excluding tert-OH is 1. The van der Waals surface area contributed by atoms with E-state index in [2.05, 4.69) is 34.6 Å². The normalized spacial score (nSPS) is 11.9. The van der Waals surface area contributed by atoms with Crippen LogP contribution in [-0.4, -0.2) is 16.7 Å². The number of aliphatic hydroxyl groups is 1. The predicted octanol–water partition coefficient (Wildman–Crippen LogP) is 4.40. The molecule has 134 valence electrons. The van der Waals surface area contributed by atoms with Gasteiger partial charge in [-0.3, -0.25) is 4.98 Å². The van der Waals surface area contributed by atoms with Crippen LogP contribution in [0.4, 0.5) is 0 Å². The number of benzene rings is 2. The van der Waals surface area contributed by atoms with Crippen molar-refractivity contribution in [3.05, 3.63) is 89.7 Å². The number of aryl methyl sites for hydroxylation is 1. The van der Waals surface area contributed by atoms with Crippen LogP contribution in [0, 0.1) is 6.92 Å². The summed E-state index contributed by atoms with van der Waals surface area (Å²) in [5, 5.41) is 12.9. The monoisotopic (exact) mass is 348 g/mol. The fourth-order valence-corrected chi connectivity index (χ4v) is 2.91. The third kappa shape index (κ3) is 4.91. The zero-order chi connectivity index (χ0) is 18.2. The molecule has 0 aliphatic rings. The first-order valence-corrected chi connectivity index (χ1v) is 8.83. The minimum absolute atomic E-state index is 0.132. The molecule has 26 heavy (non-hydrogen) atoms. The highest BCUT2D eigenvalue weighted by Crippen LogP contribution is 2.25. The first-order valence-electron chi connectivity index (χ1n) is 8.83. The van der Waals surface area contributed by atoms with E-state index in [0.29, 0.717) is 6.42 Å². The predicted molar refractivity (Wildman–Crippen MR) is 103 cm³/mol. The van der Waals surface area contributed by atoms with Crippen LogP contribution in [0.5, 0.6) is 11.5 Å². The highest BCUT2D eigenvalue weighted by Gasteiger charge is 2.10. The van der Waals surface area contributed by atoms with Gasteiger partial charge in [-0.05, 0) is 48.2 Å². The molecule has 2 aromatic carbocycles. The summed E-state index contributed by atoms with van der Waals surface area (Å²) in [4.78, 5) is 4.07. The van der Waals surface area contributed by atoms with Crippen molar-refractivity contribution in [3.8, 4) is 11.5 Å². The molecule has 0 bridgehead atoms. The summed E-state index contributed by atoms with van der Waals surface area (Å²) in [5.41, 5.74) is 3.45. The molecule has 0 aliphatic heterocycles. The van der Waals surface area contributed by atoms with Gasteiger partial charge in [0, 0.05) is 25.4 Å². The molecule has 0 spiro atoms. The Hall–Kier alpha value is -2.69. The molecule has 3 rings (SSSR count). The smallest absolute Gasteiger partial charge is 0.145 e. The van der Waals surface area contributed by atoms with Crippen LogP contribution in [0.25, 0.3) is 0 Å². The summed E-state index contributed by atoms with van der Waals surface area (Å²) in [6, 6.07) is 20.3. The highest BCUT2D eigenvalue weighted by molar-refractivity contribution is 5.39. The van der Waals surface area contributed by atoms with Crippen LogP contribution in [0.15, 0.2) is 73.1 Å². The quantitative estimate of drug-likeness (QED) is 0.634. The summed E-state index contributed by atoms with van der Waals surface area (Å²) >= 11 is 0. The molecule has 1 atom stereocenters. The highest BCUT2D eigenvalue weighted by atomic mass is 16.5. The van der Waals surface area contributed by atoms with Gasteiger partial charge in [0.25, 0.3) is 0 Å². The number of nitrogens with zero attached hydrogens (tertiary/aromatic N) is 1. The minimum Gasteiger partial charge on any atom is -0.455 e. The lowest BCUT2D eigenvalue weighted by atomic mass is 10.0. The van der Waals surface area contributed by atoms with Crippen molar-refractivity contribution in [2.75, 3.05) is 6.61 Å². The number of pyridine rings is 1. The molecule has 0 fully saturated rings. The standard InChI is InChI=1S/C22H24N2O2/c1-17-14-18(9-10-22(17)26-20-8-5-12-23-16-20)15-24-21(11-13-25)19-6-3-2-4-7-19/h2-10,12,14,16,21,24-25H,11,13,15H2,1H3/t21-/m1/s1. The van der Waals surface area contributed by atoms with Gasteiger partial charge in [-0.1, -0.05) is 42.5 Å². The average molecular weight is 348 g/mol. The van der Waals surface area contributed by atoms with Gasteiger partial charge in [0.05, 0.1) is 6.20 Å². The van der Waals surface area contributed by atoms with Gasteiger partial charge in [0.1, 0.15) is 11.5 Å². The first kappa shape index (κ1) is 18.1. The number of aromatic nitrogens is 1. The van der Waals surface area contributed by atoms with E-state index in [-0.39, 0.29) is 12.6 Å². The Morgan fingerprint density at radius 2 is 1.92 bits per heavy atom. The molecule has 4 heteroatoms. The van der Waals surface area contributed by atoms with E-state index < -0.39 is 0 Å². The number of nitrogens with one attached hydrogen (secondary N) is 1. The van der Waals surface area contributed by atoms with E-state index in [9.17, 15) is 5.11 Å². The molecule has 1 heterocycles. The number of hydrogen-bond acceptors (Lipinski definition) is 4. The van der Waals surface area contributed by atoms with E-state index in [1.165, 1.54) is 11.1 Å². The average Bonchev–Trinajstić information content (AvgIpc) is 2.68. The number of hydrogen-bond donors (Lipinski definition) is 2.